The number of aliphatic carboxylic acids is 3. The van der Waals surface area contributed by atoms with Crippen molar-refractivity contribution in [1.29, 1.82) is 0 Å². The van der Waals surface area contributed by atoms with Gasteiger partial charge in [-0.3, -0.25) is 43.6 Å². The Morgan fingerprint density at radius 3 is 1.27 bits per heavy atom. The van der Waals surface area contributed by atoms with E-state index in [9.17, 15) is 44.1 Å². The molecule has 0 bridgehead atoms. The Morgan fingerprint density at radius 2 is 0.892 bits per heavy atom. The van der Waals surface area contributed by atoms with Gasteiger partial charge in [0.25, 0.3) is 11.8 Å². The number of carboxylic acids is 3. The summed E-state index contributed by atoms with van der Waals surface area (Å²) in [4.78, 5) is 81.7. The summed E-state index contributed by atoms with van der Waals surface area (Å²) in [7, 11) is 0. The van der Waals surface area contributed by atoms with Gasteiger partial charge in [0.2, 0.25) is 0 Å². The Balaban J connectivity index is 2.11. The van der Waals surface area contributed by atoms with Gasteiger partial charge in [0.15, 0.2) is 0 Å². The fourth-order valence-corrected chi connectivity index (χ4v) is 4.23. The number of rotatable bonds is 9. The van der Waals surface area contributed by atoms with Crippen molar-refractivity contribution in [1.82, 2.24) is 24.7 Å². The standard InChI is InChI=1S/C22H35N5O10/c28-17-3-4-18(29)27(17)37-22(36)16-25-8-2-6-23(13-19(30)31)5-1-7-24(14-20(32)33)9-11-26(12-10-25)15-21(34)35/h1-16H2,(H,30,31)(H,32,33)(H,34,35). The molecule has 2 fully saturated rings. The number of carbonyl (C=O) groups is 6. The molecule has 0 spiro atoms. The van der Waals surface area contributed by atoms with Gasteiger partial charge in [-0.1, -0.05) is 0 Å². The molecule has 2 amide bonds. The smallest absolute Gasteiger partial charge is 0.347 e. The second-order valence-electron chi connectivity index (χ2n) is 9.04. The Kier molecular flexibility index (Phi) is 12.4. The van der Waals surface area contributed by atoms with Gasteiger partial charge in [-0.25, -0.2) is 4.79 Å². The summed E-state index contributed by atoms with van der Waals surface area (Å²) in [5.74, 6) is -5.07. The van der Waals surface area contributed by atoms with Crippen LogP contribution in [0.15, 0.2) is 0 Å². The number of carboxylic acid groups (broad SMARTS) is 3. The van der Waals surface area contributed by atoms with E-state index in [1.807, 2.05) is 0 Å². The first-order chi connectivity index (χ1) is 17.5. The number of hydrogen-bond donors (Lipinski definition) is 3. The van der Waals surface area contributed by atoms with Gasteiger partial charge in [-0.05, 0) is 25.9 Å². The lowest BCUT2D eigenvalue weighted by Crippen LogP contribution is -2.46. The van der Waals surface area contributed by atoms with Gasteiger partial charge in [-0.15, -0.1) is 5.06 Å². The van der Waals surface area contributed by atoms with Gasteiger partial charge in [0.1, 0.15) is 0 Å². The minimum atomic E-state index is -1.05. The van der Waals surface area contributed by atoms with Gasteiger partial charge < -0.3 is 20.2 Å². The summed E-state index contributed by atoms with van der Waals surface area (Å²) < 4.78 is 0. The number of amides is 2. The van der Waals surface area contributed by atoms with E-state index in [-0.39, 0.29) is 58.7 Å². The van der Waals surface area contributed by atoms with Crippen molar-refractivity contribution in [3.8, 4) is 0 Å². The van der Waals surface area contributed by atoms with Crippen LogP contribution in [0.3, 0.4) is 0 Å². The highest BCUT2D eigenvalue weighted by molar-refractivity contribution is 6.01. The van der Waals surface area contributed by atoms with Crippen LogP contribution in [0.4, 0.5) is 0 Å². The molecule has 15 nitrogen and oxygen atoms in total. The molecule has 0 aromatic carbocycles. The number of imide groups is 1. The van der Waals surface area contributed by atoms with Crippen LogP contribution >= 0.6 is 0 Å². The van der Waals surface area contributed by atoms with Crippen LogP contribution in [0.25, 0.3) is 0 Å². The van der Waals surface area contributed by atoms with E-state index < -0.39 is 35.7 Å². The van der Waals surface area contributed by atoms with E-state index in [1.54, 1.807) is 19.6 Å². The highest BCUT2D eigenvalue weighted by atomic mass is 16.7. The van der Waals surface area contributed by atoms with Crippen LogP contribution in [0.5, 0.6) is 0 Å². The molecule has 3 N–H and O–H groups in total. The predicted octanol–water partition coefficient (Wildman–Crippen LogP) is -2.15. The zero-order chi connectivity index (χ0) is 27.4. The zero-order valence-electron chi connectivity index (χ0n) is 20.7. The molecule has 2 saturated heterocycles. The maximum atomic E-state index is 12.5. The average molecular weight is 530 g/mol. The van der Waals surface area contributed by atoms with Gasteiger partial charge in [-0.2, -0.15) is 0 Å². The molecular weight excluding hydrogens is 494 g/mol. The molecule has 0 atom stereocenters. The van der Waals surface area contributed by atoms with Crippen molar-refractivity contribution < 1.29 is 48.9 Å². The van der Waals surface area contributed by atoms with E-state index in [2.05, 4.69) is 0 Å². The molecule has 0 radical (unpaired) electrons. The molecule has 208 valence electrons. The van der Waals surface area contributed by atoms with Crippen molar-refractivity contribution in [3.63, 3.8) is 0 Å². The minimum absolute atomic E-state index is 0.0295. The molecule has 2 heterocycles. The molecule has 0 unspecified atom stereocenters. The van der Waals surface area contributed by atoms with Crippen LogP contribution in [0.2, 0.25) is 0 Å². The number of hydrogen-bond acceptors (Lipinski definition) is 11. The van der Waals surface area contributed by atoms with Gasteiger partial charge >= 0.3 is 23.9 Å². The van der Waals surface area contributed by atoms with E-state index >= 15 is 0 Å². The van der Waals surface area contributed by atoms with Gasteiger partial charge in [0, 0.05) is 52.1 Å². The second kappa shape index (κ2) is 15.2. The van der Waals surface area contributed by atoms with Crippen LogP contribution in [-0.2, 0) is 33.6 Å². The maximum Gasteiger partial charge on any atom is 0.347 e. The largest absolute Gasteiger partial charge is 0.480 e. The molecule has 15 heteroatoms. The lowest BCUT2D eigenvalue weighted by molar-refractivity contribution is -0.198. The Hall–Kier alpha value is -3.14. The van der Waals surface area contributed by atoms with Crippen LogP contribution in [-0.4, -0.2) is 154 Å². The van der Waals surface area contributed by atoms with Crippen molar-refractivity contribution in [2.45, 2.75) is 25.7 Å². The van der Waals surface area contributed by atoms with Crippen LogP contribution < -0.4 is 0 Å². The number of carbonyl (C=O) groups excluding carboxylic acids is 3. The maximum absolute atomic E-state index is 12.5. The van der Waals surface area contributed by atoms with Crippen molar-refractivity contribution in [2.24, 2.45) is 0 Å². The van der Waals surface area contributed by atoms with Crippen molar-refractivity contribution in [3.05, 3.63) is 0 Å². The monoisotopic (exact) mass is 529 g/mol. The lowest BCUT2D eigenvalue weighted by atomic mass is 10.2. The Morgan fingerprint density at radius 1 is 0.568 bits per heavy atom. The fourth-order valence-electron chi connectivity index (χ4n) is 4.23. The normalized spacial score (nSPS) is 20.5. The first-order valence-corrected chi connectivity index (χ1v) is 12.1. The molecule has 2 aliphatic heterocycles. The summed E-state index contributed by atoms with van der Waals surface area (Å²) in [6.07, 6.45) is 0.948. The highest BCUT2D eigenvalue weighted by Crippen LogP contribution is 2.12. The predicted molar refractivity (Wildman–Crippen MR) is 125 cm³/mol. The van der Waals surface area contributed by atoms with Gasteiger partial charge in [0.05, 0.1) is 26.2 Å². The molecule has 2 aliphatic rings. The Bertz CT molecular complexity index is 838. The molecule has 37 heavy (non-hydrogen) atoms. The first kappa shape index (κ1) is 30.1. The second-order valence-corrected chi connectivity index (χ2v) is 9.04. The van der Waals surface area contributed by atoms with Crippen LogP contribution in [0, 0.1) is 0 Å². The minimum Gasteiger partial charge on any atom is -0.480 e. The molecule has 2 rings (SSSR count). The average Bonchev–Trinajstić information content (AvgIpc) is 3.10. The highest BCUT2D eigenvalue weighted by Gasteiger charge is 2.33. The van der Waals surface area contributed by atoms with E-state index in [0.29, 0.717) is 50.6 Å². The van der Waals surface area contributed by atoms with Crippen molar-refractivity contribution >= 4 is 35.7 Å². The number of nitrogens with zero attached hydrogens (tertiary/aromatic N) is 5. The summed E-state index contributed by atoms with van der Waals surface area (Å²) in [5.41, 5.74) is 0. The third-order valence-electron chi connectivity index (χ3n) is 5.99. The SMILES string of the molecule is O=C(O)CN1CCCN(CC(=O)O)CCN(CC(=O)O)CCN(CC(=O)ON2C(=O)CCC2=O)CCC1. The molecular formula is C22H35N5O10. The van der Waals surface area contributed by atoms with E-state index in [1.165, 1.54) is 0 Å². The molecule has 0 saturated carbocycles. The fraction of sp³-hybridized carbons (Fsp3) is 0.727. The zero-order valence-corrected chi connectivity index (χ0v) is 20.7. The summed E-state index contributed by atoms with van der Waals surface area (Å²) >= 11 is 0. The van der Waals surface area contributed by atoms with E-state index in [4.69, 9.17) is 4.84 Å². The molecule has 0 aromatic heterocycles. The molecule has 0 aliphatic carbocycles. The lowest BCUT2D eigenvalue weighted by Gasteiger charge is -2.30. The molecule has 0 aromatic rings. The van der Waals surface area contributed by atoms with Crippen molar-refractivity contribution in [2.75, 3.05) is 78.5 Å². The third-order valence-corrected chi connectivity index (χ3v) is 5.99. The summed E-state index contributed by atoms with van der Waals surface area (Å²) in [6.45, 7) is 1.70. The summed E-state index contributed by atoms with van der Waals surface area (Å²) in [6, 6.07) is 0. The third kappa shape index (κ3) is 11.6. The Labute approximate surface area is 214 Å². The van der Waals surface area contributed by atoms with E-state index in [0.717, 1.165) is 0 Å². The first-order valence-electron chi connectivity index (χ1n) is 12.1. The topological polar surface area (TPSA) is 189 Å². The van der Waals surface area contributed by atoms with Crippen LogP contribution in [0.1, 0.15) is 25.7 Å². The quantitative estimate of drug-likeness (QED) is 0.274. The summed E-state index contributed by atoms with van der Waals surface area (Å²) in [5, 5.41) is 28.3. The number of hydroxylamine groups is 2.